The van der Waals surface area contributed by atoms with Crippen molar-refractivity contribution in [3.63, 3.8) is 0 Å². The van der Waals surface area contributed by atoms with Crippen LogP contribution in [0.25, 0.3) is 0 Å². The lowest BCUT2D eigenvalue weighted by Gasteiger charge is -2.38. The van der Waals surface area contributed by atoms with Crippen LogP contribution in [0.3, 0.4) is 0 Å². The van der Waals surface area contributed by atoms with Crippen LogP contribution in [0, 0.1) is 0 Å². The molecule has 1 fully saturated rings. The molecule has 1 amide bonds. The summed E-state index contributed by atoms with van der Waals surface area (Å²) in [5, 5.41) is 6.17. The van der Waals surface area contributed by atoms with Crippen molar-refractivity contribution >= 4 is 47.2 Å². The van der Waals surface area contributed by atoms with Gasteiger partial charge in [-0.3, -0.25) is 4.79 Å². The van der Waals surface area contributed by atoms with Gasteiger partial charge < -0.3 is 25.2 Å². The number of carbonyl (C=O) groups excluding carboxylic acids is 1. The highest BCUT2D eigenvalue weighted by Gasteiger charge is 2.21. The van der Waals surface area contributed by atoms with Crippen LogP contribution in [0.15, 0.2) is 59.6 Å². The molecule has 0 unspecified atom stereocenters. The summed E-state index contributed by atoms with van der Waals surface area (Å²) >= 11 is 0. The van der Waals surface area contributed by atoms with E-state index in [0.29, 0.717) is 0 Å². The average molecular weight is 523 g/mol. The molecule has 3 rings (SSSR count). The number of aliphatic imine (C=N–C) groups is 1. The minimum atomic E-state index is -0.126. The first kappa shape index (κ1) is 23.8. The van der Waals surface area contributed by atoms with Gasteiger partial charge in [0.25, 0.3) is 0 Å². The lowest BCUT2D eigenvalue weighted by molar-refractivity contribution is -0.114. The van der Waals surface area contributed by atoms with Gasteiger partial charge in [-0.1, -0.05) is 30.3 Å². The van der Waals surface area contributed by atoms with E-state index in [1.54, 1.807) is 7.11 Å². The number of hydrogen-bond donors (Lipinski definition) is 2. The van der Waals surface area contributed by atoms with Crippen LogP contribution in [0.4, 0.5) is 11.4 Å². The molecule has 0 bridgehead atoms. The number of rotatable bonds is 6. The fourth-order valence-corrected chi connectivity index (χ4v) is 3.34. The number of piperazine rings is 1. The molecule has 1 aliphatic rings. The summed E-state index contributed by atoms with van der Waals surface area (Å²) in [6.45, 7) is 6.25. The zero-order valence-corrected chi connectivity index (χ0v) is 19.8. The van der Waals surface area contributed by atoms with Crippen LogP contribution in [0.5, 0.6) is 5.75 Å². The van der Waals surface area contributed by atoms with E-state index < -0.39 is 0 Å². The van der Waals surface area contributed by atoms with E-state index in [-0.39, 0.29) is 36.4 Å². The number of benzene rings is 2. The second kappa shape index (κ2) is 12.3. The van der Waals surface area contributed by atoms with Gasteiger partial charge in [0.2, 0.25) is 5.91 Å². The molecule has 1 saturated heterocycles. The highest BCUT2D eigenvalue weighted by molar-refractivity contribution is 14.0. The van der Waals surface area contributed by atoms with E-state index in [4.69, 9.17) is 4.74 Å². The average Bonchev–Trinajstić information content (AvgIpc) is 2.77. The number of nitrogens with one attached hydrogen (secondary N) is 2. The Hall–Kier alpha value is -2.49. The molecule has 0 radical (unpaired) electrons. The molecule has 1 heterocycles. The number of carbonyl (C=O) groups is 1. The van der Waals surface area contributed by atoms with Gasteiger partial charge in [-0.25, -0.2) is 4.99 Å². The van der Waals surface area contributed by atoms with Crippen molar-refractivity contribution in [2.24, 2.45) is 4.99 Å². The largest absolute Gasteiger partial charge is 0.495 e. The first-order valence-corrected chi connectivity index (χ1v) is 9.97. The van der Waals surface area contributed by atoms with Crippen LogP contribution < -0.4 is 20.3 Å². The minimum Gasteiger partial charge on any atom is -0.495 e. The first-order chi connectivity index (χ1) is 14.2. The van der Waals surface area contributed by atoms with Crippen LogP contribution >= 0.6 is 24.0 Å². The zero-order chi connectivity index (χ0) is 20.5. The summed E-state index contributed by atoms with van der Waals surface area (Å²) < 4.78 is 5.49. The molecule has 0 saturated carbocycles. The Labute approximate surface area is 195 Å². The third kappa shape index (κ3) is 6.51. The number of methoxy groups -OCH3 is 1. The van der Waals surface area contributed by atoms with E-state index in [2.05, 4.69) is 31.5 Å². The highest BCUT2D eigenvalue weighted by atomic mass is 127. The molecule has 7 nitrogen and oxygen atoms in total. The van der Waals surface area contributed by atoms with Crippen molar-refractivity contribution < 1.29 is 9.53 Å². The van der Waals surface area contributed by atoms with E-state index >= 15 is 0 Å². The van der Waals surface area contributed by atoms with Crippen molar-refractivity contribution in [3.05, 3.63) is 54.6 Å². The Morgan fingerprint density at radius 1 is 1.03 bits per heavy atom. The van der Waals surface area contributed by atoms with Gasteiger partial charge in [0.15, 0.2) is 5.96 Å². The van der Waals surface area contributed by atoms with E-state index in [0.717, 1.165) is 55.8 Å². The Bertz CT molecular complexity index is 823. The standard InChI is InChI=1S/C22H29N5O2.HI/c1-3-23-22(24-17-21(28)25-18-9-5-4-6-10-18)27-15-13-26(14-16-27)19-11-7-8-12-20(19)29-2;/h4-12H,3,13-17H2,1-2H3,(H,23,24)(H,25,28);1H. The van der Waals surface area contributed by atoms with Gasteiger partial charge >= 0.3 is 0 Å². The molecule has 2 aromatic rings. The summed E-state index contributed by atoms with van der Waals surface area (Å²) in [7, 11) is 1.70. The zero-order valence-electron chi connectivity index (χ0n) is 17.5. The second-order valence-corrected chi connectivity index (χ2v) is 6.73. The monoisotopic (exact) mass is 523 g/mol. The van der Waals surface area contributed by atoms with Crippen molar-refractivity contribution in [1.82, 2.24) is 10.2 Å². The van der Waals surface area contributed by atoms with Gasteiger partial charge in [-0.2, -0.15) is 0 Å². The molecular formula is C22H30IN5O2. The summed E-state index contributed by atoms with van der Waals surface area (Å²) in [5.74, 6) is 1.54. The van der Waals surface area contributed by atoms with Crippen LogP contribution in [-0.4, -0.2) is 63.1 Å². The van der Waals surface area contributed by atoms with Crippen molar-refractivity contribution in [1.29, 1.82) is 0 Å². The van der Waals surface area contributed by atoms with E-state index in [1.165, 1.54) is 0 Å². The molecule has 8 heteroatoms. The third-order valence-corrected chi connectivity index (χ3v) is 4.77. The number of amides is 1. The molecule has 0 spiro atoms. The SMILES string of the molecule is CCNC(=NCC(=O)Nc1ccccc1)N1CCN(c2ccccc2OC)CC1.I. The maximum Gasteiger partial charge on any atom is 0.246 e. The fraction of sp³-hybridized carbons (Fsp3) is 0.364. The van der Waals surface area contributed by atoms with Crippen LogP contribution in [0.2, 0.25) is 0 Å². The number of hydrogen-bond acceptors (Lipinski definition) is 4. The Morgan fingerprint density at radius 3 is 2.37 bits per heavy atom. The molecular weight excluding hydrogens is 493 g/mol. The van der Waals surface area contributed by atoms with Gasteiger partial charge in [0, 0.05) is 38.4 Å². The number of halogens is 1. The number of anilines is 2. The Balaban J connectivity index is 0.00000320. The van der Waals surface area contributed by atoms with Gasteiger partial charge in [0.1, 0.15) is 12.3 Å². The normalized spacial score (nSPS) is 14.0. The third-order valence-electron chi connectivity index (χ3n) is 4.77. The Morgan fingerprint density at radius 2 is 1.70 bits per heavy atom. The van der Waals surface area contributed by atoms with E-state index in [9.17, 15) is 4.79 Å². The summed E-state index contributed by atoms with van der Waals surface area (Å²) in [5.41, 5.74) is 1.89. The number of guanidine groups is 1. The first-order valence-electron chi connectivity index (χ1n) is 9.97. The van der Waals surface area contributed by atoms with Gasteiger partial charge in [-0.05, 0) is 31.2 Å². The van der Waals surface area contributed by atoms with Crippen LogP contribution in [0.1, 0.15) is 6.92 Å². The molecule has 0 atom stereocenters. The lowest BCUT2D eigenvalue weighted by atomic mass is 10.2. The maximum absolute atomic E-state index is 12.2. The smallest absolute Gasteiger partial charge is 0.246 e. The summed E-state index contributed by atoms with van der Waals surface area (Å²) in [6.07, 6.45) is 0. The predicted octanol–water partition coefficient (Wildman–Crippen LogP) is 3.04. The van der Waals surface area contributed by atoms with Crippen LogP contribution in [-0.2, 0) is 4.79 Å². The molecule has 30 heavy (non-hydrogen) atoms. The van der Waals surface area contributed by atoms with E-state index in [1.807, 2.05) is 55.5 Å². The number of ether oxygens (including phenoxy) is 1. The molecule has 162 valence electrons. The molecule has 2 aromatic carbocycles. The fourth-order valence-electron chi connectivity index (χ4n) is 3.34. The van der Waals surface area contributed by atoms with Crippen molar-refractivity contribution in [2.45, 2.75) is 6.92 Å². The lowest BCUT2D eigenvalue weighted by Crippen LogP contribution is -2.52. The number of nitrogens with zero attached hydrogens (tertiary/aromatic N) is 3. The highest BCUT2D eigenvalue weighted by Crippen LogP contribution is 2.28. The van der Waals surface area contributed by atoms with Gasteiger partial charge in [-0.15, -0.1) is 24.0 Å². The summed E-state index contributed by atoms with van der Waals surface area (Å²) in [6, 6.07) is 17.5. The quantitative estimate of drug-likeness (QED) is 0.346. The summed E-state index contributed by atoms with van der Waals surface area (Å²) in [4.78, 5) is 21.3. The molecule has 0 aromatic heterocycles. The number of para-hydroxylation sites is 3. The molecule has 0 aliphatic carbocycles. The molecule has 2 N–H and O–H groups in total. The topological polar surface area (TPSA) is 69.2 Å². The Kier molecular flexibility index (Phi) is 9.72. The van der Waals surface area contributed by atoms with Crippen molar-refractivity contribution in [3.8, 4) is 5.75 Å². The minimum absolute atomic E-state index is 0. The second-order valence-electron chi connectivity index (χ2n) is 6.73. The maximum atomic E-state index is 12.2. The predicted molar refractivity (Wildman–Crippen MR) is 133 cm³/mol. The van der Waals surface area contributed by atoms with Gasteiger partial charge in [0.05, 0.1) is 12.8 Å². The van der Waals surface area contributed by atoms with Crippen molar-refractivity contribution in [2.75, 3.05) is 56.6 Å². The molecule has 1 aliphatic heterocycles.